The van der Waals surface area contributed by atoms with Gasteiger partial charge in [-0.2, -0.15) is 0 Å². The zero-order chi connectivity index (χ0) is 25.6. The SMILES string of the molecule is COc1cc(C2(NC(=O)c3cc(OC[C@@H]4CC[C@@H]5CN(C)CCN54)ccc3C)CC2)c2cccnc2c1. The van der Waals surface area contributed by atoms with Crippen LogP contribution in [0.2, 0.25) is 0 Å². The van der Waals surface area contributed by atoms with Crippen molar-refractivity contribution in [2.24, 2.45) is 0 Å². The van der Waals surface area contributed by atoms with Gasteiger partial charge in [-0.15, -0.1) is 0 Å². The Labute approximate surface area is 218 Å². The number of aryl methyl sites for hydroxylation is 1. The van der Waals surface area contributed by atoms with Gasteiger partial charge >= 0.3 is 0 Å². The van der Waals surface area contributed by atoms with Gasteiger partial charge in [-0.05, 0) is 75.0 Å². The van der Waals surface area contributed by atoms with Crippen molar-refractivity contribution >= 4 is 16.8 Å². The Morgan fingerprint density at radius 3 is 2.81 bits per heavy atom. The minimum Gasteiger partial charge on any atom is -0.497 e. The number of amides is 1. The third-order valence-electron chi connectivity index (χ3n) is 8.48. The Morgan fingerprint density at radius 2 is 2.00 bits per heavy atom. The predicted octanol–water partition coefficient (Wildman–Crippen LogP) is 4.13. The molecule has 2 aromatic carbocycles. The molecule has 2 saturated heterocycles. The lowest BCUT2D eigenvalue weighted by atomic mass is 9.97. The van der Waals surface area contributed by atoms with E-state index >= 15 is 0 Å². The van der Waals surface area contributed by atoms with Gasteiger partial charge in [0.15, 0.2) is 0 Å². The zero-order valence-corrected chi connectivity index (χ0v) is 22.0. The number of rotatable bonds is 7. The molecule has 3 fully saturated rings. The molecule has 7 heteroatoms. The second-order valence-corrected chi connectivity index (χ2v) is 11.0. The molecule has 0 radical (unpaired) electrons. The topological polar surface area (TPSA) is 66.9 Å². The first-order valence-electron chi connectivity index (χ1n) is 13.4. The zero-order valence-electron chi connectivity index (χ0n) is 22.0. The van der Waals surface area contributed by atoms with E-state index in [9.17, 15) is 4.79 Å². The van der Waals surface area contributed by atoms with Gasteiger partial charge in [0, 0.05) is 54.9 Å². The summed E-state index contributed by atoms with van der Waals surface area (Å²) < 4.78 is 11.8. The summed E-state index contributed by atoms with van der Waals surface area (Å²) in [6.45, 7) is 6.01. The summed E-state index contributed by atoms with van der Waals surface area (Å²) in [5.41, 5.74) is 3.14. The van der Waals surface area contributed by atoms with Gasteiger partial charge in [-0.3, -0.25) is 14.7 Å². The van der Waals surface area contributed by atoms with Crippen LogP contribution >= 0.6 is 0 Å². The number of likely N-dealkylation sites (N-methyl/N-ethyl adjacent to an activating group) is 1. The van der Waals surface area contributed by atoms with Crippen molar-refractivity contribution in [2.75, 3.05) is 40.4 Å². The second kappa shape index (κ2) is 9.62. The third-order valence-corrected chi connectivity index (χ3v) is 8.48. The van der Waals surface area contributed by atoms with E-state index in [2.05, 4.69) is 33.2 Å². The quantitative estimate of drug-likeness (QED) is 0.526. The standard InChI is InChI=1S/C30H36N4O3/c1-20-6-9-23(37-19-22-8-7-21-18-33(2)13-14-34(21)22)15-26(20)29(35)32-30(10-11-30)27-16-24(36-3)17-28-25(27)5-4-12-31-28/h4-6,9,12,15-17,21-22H,7-8,10-11,13-14,18-19H2,1-3H3,(H,32,35)/t21-,22+/m1/s1. The van der Waals surface area contributed by atoms with Crippen LogP contribution in [0.5, 0.6) is 11.5 Å². The van der Waals surface area contributed by atoms with Gasteiger partial charge in [0.25, 0.3) is 5.91 Å². The maximum atomic E-state index is 13.6. The minimum atomic E-state index is -0.406. The van der Waals surface area contributed by atoms with Crippen LogP contribution in [0.25, 0.3) is 10.9 Å². The molecule has 0 unspecified atom stereocenters. The highest BCUT2D eigenvalue weighted by atomic mass is 16.5. The van der Waals surface area contributed by atoms with E-state index in [1.54, 1.807) is 13.3 Å². The average Bonchev–Trinajstić information content (AvgIpc) is 3.58. The Morgan fingerprint density at radius 1 is 1.14 bits per heavy atom. The molecule has 2 aliphatic heterocycles. The molecule has 194 valence electrons. The van der Waals surface area contributed by atoms with Crippen molar-refractivity contribution in [3.63, 3.8) is 0 Å². The van der Waals surface area contributed by atoms with Crippen molar-refractivity contribution in [1.29, 1.82) is 0 Å². The van der Waals surface area contributed by atoms with Gasteiger partial charge in [0.05, 0.1) is 18.2 Å². The molecule has 0 bridgehead atoms. The summed E-state index contributed by atoms with van der Waals surface area (Å²) in [6.07, 6.45) is 5.96. The van der Waals surface area contributed by atoms with Crippen LogP contribution in [-0.2, 0) is 5.54 Å². The van der Waals surface area contributed by atoms with Crippen LogP contribution in [0, 0.1) is 6.92 Å². The van der Waals surface area contributed by atoms with Crippen LogP contribution < -0.4 is 14.8 Å². The fraction of sp³-hybridized carbons (Fsp3) is 0.467. The molecule has 1 aromatic heterocycles. The van der Waals surface area contributed by atoms with E-state index in [1.807, 2.05) is 43.3 Å². The molecule has 37 heavy (non-hydrogen) atoms. The van der Waals surface area contributed by atoms with Gasteiger partial charge in [0.2, 0.25) is 0 Å². The molecule has 1 saturated carbocycles. The summed E-state index contributed by atoms with van der Waals surface area (Å²) in [6, 6.07) is 15.0. The summed E-state index contributed by atoms with van der Waals surface area (Å²) in [5.74, 6) is 1.44. The number of hydrogen-bond donors (Lipinski definition) is 1. The first-order valence-corrected chi connectivity index (χ1v) is 13.4. The normalized spacial score (nSPS) is 23.0. The predicted molar refractivity (Wildman–Crippen MR) is 144 cm³/mol. The van der Waals surface area contributed by atoms with Crippen molar-refractivity contribution in [3.05, 3.63) is 65.4 Å². The molecule has 1 amide bonds. The molecule has 3 aromatic rings. The van der Waals surface area contributed by atoms with E-state index in [-0.39, 0.29) is 5.91 Å². The molecule has 0 spiro atoms. The average molecular weight is 501 g/mol. The van der Waals surface area contributed by atoms with E-state index < -0.39 is 5.54 Å². The minimum absolute atomic E-state index is 0.0692. The Kier molecular flexibility index (Phi) is 6.29. The lowest BCUT2D eigenvalue weighted by Gasteiger charge is -2.38. The summed E-state index contributed by atoms with van der Waals surface area (Å²) >= 11 is 0. The number of pyridine rings is 1. The number of carbonyl (C=O) groups is 1. The van der Waals surface area contributed by atoms with Gasteiger partial charge in [0.1, 0.15) is 18.1 Å². The lowest BCUT2D eigenvalue weighted by molar-refractivity contribution is 0.0735. The van der Waals surface area contributed by atoms with Crippen LogP contribution in [0.4, 0.5) is 0 Å². The molecular formula is C30H36N4O3. The maximum absolute atomic E-state index is 13.6. The van der Waals surface area contributed by atoms with Crippen LogP contribution in [-0.4, -0.2) is 73.2 Å². The van der Waals surface area contributed by atoms with E-state index in [1.165, 1.54) is 12.8 Å². The number of benzene rings is 2. The van der Waals surface area contributed by atoms with Gasteiger partial charge in [-0.25, -0.2) is 0 Å². The number of carbonyl (C=O) groups excluding carboxylic acids is 1. The van der Waals surface area contributed by atoms with Crippen LogP contribution in [0.15, 0.2) is 48.7 Å². The Hall–Kier alpha value is -3.16. The number of fused-ring (bicyclic) bond motifs is 2. The number of aromatic nitrogens is 1. The molecule has 3 heterocycles. The summed E-state index contributed by atoms with van der Waals surface area (Å²) in [5, 5.41) is 4.41. The van der Waals surface area contributed by atoms with Crippen molar-refractivity contribution in [1.82, 2.24) is 20.1 Å². The third kappa shape index (κ3) is 4.66. The van der Waals surface area contributed by atoms with Crippen LogP contribution in [0.3, 0.4) is 0 Å². The number of ether oxygens (including phenoxy) is 2. The number of methoxy groups -OCH3 is 1. The number of nitrogens with zero attached hydrogens (tertiary/aromatic N) is 3. The number of piperazine rings is 1. The van der Waals surface area contributed by atoms with Crippen molar-refractivity contribution in [2.45, 2.75) is 50.2 Å². The maximum Gasteiger partial charge on any atom is 0.252 e. The van der Waals surface area contributed by atoms with Crippen molar-refractivity contribution in [3.8, 4) is 11.5 Å². The summed E-state index contributed by atoms with van der Waals surface area (Å²) in [4.78, 5) is 23.2. The molecule has 6 rings (SSSR count). The highest BCUT2D eigenvalue weighted by molar-refractivity contribution is 5.97. The number of nitrogens with one attached hydrogen (secondary N) is 1. The van der Waals surface area contributed by atoms with Gasteiger partial charge in [-0.1, -0.05) is 12.1 Å². The fourth-order valence-electron chi connectivity index (χ4n) is 6.16. The highest BCUT2D eigenvalue weighted by Gasteiger charge is 2.47. The summed E-state index contributed by atoms with van der Waals surface area (Å²) in [7, 11) is 3.87. The van der Waals surface area contributed by atoms with E-state index in [0.29, 0.717) is 24.3 Å². The highest BCUT2D eigenvalue weighted by Crippen LogP contribution is 2.49. The molecule has 3 aliphatic rings. The number of hydrogen-bond acceptors (Lipinski definition) is 6. The Balaban J connectivity index is 1.18. The monoisotopic (exact) mass is 500 g/mol. The first-order chi connectivity index (χ1) is 18.0. The van der Waals surface area contributed by atoms with Crippen molar-refractivity contribution < 1.29 is 14.3 Å². The molecular weight excluding hydrogens is 464 g/mol. The smallest absolute Gasteiger partial charge is 0.252 e. The molecule has 2 atom stereocenters. The second-order valence-electron chi connectivity index (χ2n) is 11.0. The van der Waals surface area contributed by atoms with E-state index in [4.69, 9.17) is 9.47 Å². The van der Waals surface area contributed by atoms with Crippen LogP contribution in [0.1, 0.15) is 47.2 Å². The molecule has 1 N–H and O–H groups in total. The fourth-order valence-corrected chi connectivity index (χ4v) is 6.16. The Bertz CT molecular complexity index is 1320. The largest absolute Gasteiger partial charge is 0.497 e. The van der Waals surface area contributed by atoms with Gasteiger partial charge < -0.3 is 19.7 Å². The van der Waals surface area contributed by atoms with E-state index in [0.717, 1.165) is 66.0 Å². The lowest BCUT2D eigenvalue weighted by Crippen LogP contribution is -2.52. The molecule has 1 aliphatic carbocycles. The molecule has 7 nitrogen and oxygen atoms in total. The first kappa shape index (κ1) is 24.2.